The van der Waals surface area contributed by atoms with Gasteiger partial charge in [-0.25, -0.2) is 0 Å². The van der Waals surface area contributed by atoms with Crippen LogP contribution < -0.4 is 0 Å². The van der Waals surface area contributed by atoms with Crippen LogP contribution in [0.25, 0.3) is 0 Å². The maximum atomic E-state index is 10.8. The minimum atomic E-state index is -0.882. The highest BCUT2D eigenvalue weighted by Gasteiger charge is 2.81. The fourth-order valence-corrected chi connectivity index (χ4v) is 4.54. The molecule has 0 saturated heterocycles. The van der Waals surface area contributed by atoms with Gasteiger partial charge in [-0.15, -0.1) is 0 Å². The summed E-state index contributed by atoms with van der Waals surface area (Å²) in [6.45, 7) is -0.137. The lowest BCUT2D eigenvalue weighted by Gasteiger charge is -2.46. The third kappa shape index (κ3) is 0.957. The minimum Gasteiger partial charge on any atom is -0.481 e. The Balaban J connectivity index is 1.84. The monoisotopic (exact) mass is 211 g/mol. The highest BCUT2D eigenvalue weighted by Crippen LogP contribution is 2.82. The van der Waals surface area contributed by atoms with E-state index in [9.17, 15) is 14.9 Å². The van der Waals surface area contributed by atoms with Crippen LogP contribution in [0.2, 0.25) is 0 Å². The van der Waals surface area contributed by atoms with E-state index in [1.165, 1.54) is 6.42 Å². The van der Waals surface area contributed by atoms with Crippen LogP contribution in [-0.2, 0) is 4.79 Å². The van der Waals surface area contributed by atoms with E-state index in [-0.39, 0.29) is 17.9 Å². The molecule has 0 radical (unpaired) electrons. The van der Waals surface area contributed by atoms with Crippen molar-refractivity contribution in [1.82, 2.24) is 0 Å². The SMILES string of the molecule is O=C(O)C[C@@]1(C[N+](=O)[O-])C2C3CC[C@@H]1[C@H]32. The first kappa shape index (κ1) is 9.12. The fourth-order valence-electron chi connectivity index (χ4n) is 4.54. The number of rotatable bonds is 4. The van der Waals surface area contributed by atoms with Crippen LogP contribution in [0.1, 0.15) is 19.3 Å². The Morgan fingerprint density at radius 2 is 2.27 bits per heavy atom. The molecule has 82 valence electrons. The lowest BCUT2D eigenvalue weighted by molar-refractivity contribution is -0.506. The number of carboxylic acids is 1. The zero-order valence-electron chi connectivity index (χ0n) is 8.26. The molecule has 15 heavy (non-hydrogen) atoms. The first-order valence-corrected chi connectivity index (χ1v) is 5.40. The van der Waals surface area contributed by atoms with E-state index in [1.54, 1.807) is 0 Å². The van der Waals surface area contributed by atoms with Gasteiger partial charge in [0, 0.05) is 4.92 Å². The van der Waals surface area contributed by atoms with Crippen molar-refractivity contribution >= 4 is 5.97 Å². The maximum absolute atomic E-state index is 10.8. The first-order valence-electron chi connectivity index (χ1n) is 5.40. The van der Waals surface area contributed by atoms with Gasteiger partial charge in [0.25, 0.3) is 0 Å². The summed E-state index contributed by atoms with van der Waals surface area (Å²) in [5, 5.41) is 19.5. The van der Waals surface area contributed by atoms with Crippen LogP contribution in [0, 0.1) is 39.2 Å². The number of aliphatic carboxylic acids is 1. The van der Waals surface area contributed by atoms with Crippen molar-refractivity contribution in [2.24, 2.45) is 29.1 Å². The fraction of sp³-hybridized carbons (Fsp3) is 0.900. The molecule has 3 aliphatic rings. The standard InChI is InChI=1S/C10H13NO4/c12-7(13)3-10(4-11(14)15)6-2-1-5-8(6)9(5)10/h5-6,8-9H,1-4H2,(H,12,13)/t5?,6-,8+,9?,10+/m1/s1. The van der Waals surface area contributed by atoms with Crippen molar-refractivity contribution in [3.8, 4) is 0 Å². The van der Waals surface area contributed by atoms with Gasteiger partial charge in [0.1, 0.15) is 0 Å². The minimum absolute atomic E-state index is 0.00366. The van der Waals surface area contributed by atoms with Crippen LogP contribution in [0.4, 0.5) is 0 Å². The normalized spacial score (nSPS) is 49.3. The highest BCUT2D eigenvalue weighted by atomic mass is 16.6. The van der Waals surface area contributed by atoms with Gasteiger partial charge in [-0.2, -0.15) is 0 Å². The van der Waals surface area contributed by atoms with Crippen LogP contribution in [0.3, 0.4) is 0 Å². The lowest BCUT2D eigenvalue weighted by atomic mass is 9.56. The second-order valence-electron chi connectivity index (χ2n) is 5.25. The highest BCUT2D eigenvalue weighted by molar-refractivity contribution is 5.68. The summed E-state index contributed by atoms with van der Waals surface area (Å²) >= 11 is 0. The molecule has 3 fully saturated rings. The number of carboxylic acid groups (broad SMARTS) is 1. The quantitative estimate of drug-likeness (QED) is 0.555. The summed E-state index contributed by atoms with van der Waals surface area (Å²) in [6, 6.07) is 0. The number of hydrogen-bond acceptors (Lipinski definition) is 3. The van der Waals surface area contributed by atoms with Crippen molar-refractivity contribution in [1.29, 1.82) is 0 Å². The van der Waals surface area contributed by atoms with Gasteiger partial charge in [0.2, 0.25) is 6.54 Å². The third-order valence-electron chi connectivity index (χ3n) is 4.81. The zero-order chi connectivity index (χ0) is 10.8. The molecule has 3 saturated carbocycles. The number of nitrogens with zero attached hydrogens (tertiary/aromatic N) is 1. The van der Waals surface area contributed by atoms with Gasteiger partial charge in [-0.1, -0.05) is 0 Å². The summed E-state index contributed by atoms with van der Waals surface area (Å²) in [7, 11) is 0. The van der Waals surface area contributed by atoms with Crippen molar-refractivity contribution in [3.05, 3.63) is 10.1 Å². The zero-order valence-corrected chi connectivity index (χ0v) is 8.26. The Morgan fingerprint density at radius 1 is 1.53 bits per heavy atom. The molecule has 0 aromatic carbocycles. The second-order valence-corrected chi connectivity index (χ2v) is 5.25. The summed E-state index contributed by atoms with van der Waals surface area (Å²) in [4.78, 5) is 21.1. The summed E-state index contributed by atoms with van der Waals surface area (Å²) in [6.07, 6.45) is 2.17. The Hall–Kier alpha value is -1.13. The summed E-state index contributed by atoms with van der Waals surface area (Å²) in [5.41, 5.74) is -0.483. The predicted molar refractivity (Wildman–Crippen MR) is 49.7 cm³/mol. The van der Waals surface area contributed by atoms with Crippen molar-refractivity contribution in [2.45, 2.75) is 19.3 Å². The Labute approximate surface area is 86.6 Å². The molecular formula is C10H13NO4. The van der Waals surface area contributed by atoms with Gasteiger partial charge < -0.3 is 5.11 Å². The van der Waals surface area contributed by atoms with E-state index >= 15 is 0 Å². The maximum Gasteiger partial charge on any atom is 0.304 e. The van der Waals surface area contributed by atoms with Crippen molar-refractivity contribution < 1.29 is 14.8 Å². The molecule has 3 rings (SSSR count). The number of carbonyl (C=O) groups is 1. The van der Waals surface area contributed by atoms with Crippen LogP contribution in [0.15, 0.2) is 0 Å². The molecule has 0 amide bonds. The first-order chi connectivity index (χ1) is 7.06. The molecule has 1 N–H and O–H groups in total. The smallest absolute Gasteiger partial charge is 0.304 e. The third-order valence-corrected chi connectivity index (χ3v) is 4.81. The van der Waals surface area contributed by atoms with Gasteiger partial charge in [-0.3, -0.25) is 14.9 Å². The Bertz CT molecular complexity index is 333. The molecule has 0 aliphatic heterocycles. The molecular weight excluding hydrogens is 198 g/mol. The number of nitro groups is 1. The molecule has 0 heterocycles. The molecule has 0 bridgehead atoms. The van der Waals surface area contributed by atoms with Crippen molar-refractivity contribution in [3.63, 3.8) is 0 Å². The summed E-state index contributed by atoms with van der Waals surface area (Å²) in [5.74, 6) is 1.07. The van der Waals surface area contributed by atoms with Crippen LogP contribution >= 0.6 is 0 Å². The molecule has 2 unspecified atom stereocenters. The van der Waals surface area contributed by atoms with Crippen molar-refractivity contribution in [2.75, 3.05) is 6.54 Å². The molecule has 3 aliphatic carbocycles. The molecule has 0 aromatic rings. The second kappa shape index (κ2) is 2.51. The van der Waals surface area contributed by atoms with E-state index in [4.69, 9.17) is 5.11 Å². The molecule has 5 atom stereocenters. The van der Waals surface area contributed by atoms with E-state index < -0.39 is 11.4 Å². The summed E-state index contributed by atoms with van der Waals surface area (Å²) < 4.78 is 0. The van der Waals surface area contributed by atoms with E-state index in [2.05, 4.69) is 0 Å². The largest absolute Gasteiger partial charge is 0.481 e. The predicted octanol–water partition coefficient (Wildman–Crippen LogP) is 1.01. The molecule has 0 spiro atoms. The van der Waals surface area contributed by atoms with Gasteiger partial charge in [0.15, 0.2) is 0 Å². The number of hydrogen-bond donors (Lipinski definition) is 1. The van der Waals surface area contributed by atoms with E-state index in [1.807, 2.05) is 0 Å². The molecule has 0 aromatic heterocycles. The topological polar surface area (TPSA) is 80.4 Å². The lowest BCUT2D eigenvalue weighted by Crippen LogP contribution is -2.50. The number of fused-ring (bicyclic) bond motifs is 1. The Morgan fingerprint density at radius 3 is 2.67 bits per heavy atom. The molecule has 5 nitrogen and oxygen atoms in total. The van der Waals surface area contributed by atoms with Gasteiger partial charge in [0.05, 0.1) is 11.8 Å². The van der Waals surface area contributed by atoms with E-state index in [0.717, 1.165) is 6.42 Å². The molecule has 5 heteroatoms. The van der Waals surface area contributed by atoms with E-state index in [0.29, 0.717) is 23.7 Å². The van der Waals surface area contributed by atoms with Crippen LogP contribution in [-0.4, -0.2) is 22.5 Å². The van der Waals surface area contributed by atoms with Crippen LogP contribution in [0.5, 0.6) is 0 Å². The average molecular weight is 211 g/mol. The Kier molecular flexibility index (Phi) is 1.53. The average Bonchev–Trinajstić information content (AvgIpc) is 2.61. The van der Waals surface area contributed by atoms with Gasteiger partial charge >= 0.3 is 5.97 Å². The van der Waals surface area contributed by atoms with Gasteiger partial charge in [-0.05, 0) is 36.5 Å².